The van der Waals surface area contributed by atoms with Crippen molar-refractivity contribution in [2.75, 3.05) is 0 Å². The lowest BCUT2D eigenvalue weighted by atomic mass is 10.1. The van der Waals surface area contributed by atoms with E-state index in [2.05, 4.69) is 20.9 Å². The lowest BCUT2D eigenvalue weighted by Gasteiger charge is -2.13. The lowest BCUT2D eigenvalue weighted by Crippen LogP contribution is -2.02. The fourth-order valence-corrected chi connectivity index (χ4v) is 2.99. The van der Waals surface area contributed by atoms with Crippen molar-refractivity contribution in [1.82, 2.24) is 4.98 Å². The van der Waals surface area contributed by atoms with Crippen molar-refractivity contribution < 1.29 is 14.3 Å². The number of carbonyl (C=O) groups is 1. The summed E-state index contributed by atoms with van der Waals surface area (Å²) in [4.78, 5) is 15.3. The van der Waals surface area contributed by atoms with Crippen LogP contribution in [0.15, 0.2) is 59.3 Å². The average molecular weight is 437 g/mol. The Hall–Kier alpha value is -3.17. The number of hydrogen-bond donors (Lipinski definition) is 0. The smallest absolute Gasteiger partial charge is 0.153 e. The summed E-state index contributed by atoms with van der Waals surface area (Å²) in [5.41, 5.74) is 3.81. The Morgan fingerprint density at radius 1 is 1.14 bits per heavy atom. The van der Waals surface area contributed by atoms with Crippen molar-refractivity contribution in [3.63, 3.8) is 0 Å². The van der Waals surface area contributed by atoms with Gasteiger partial charge in [-0.05, 0) is 42.3 Å². The van der Waals surface area contributed by atoms with Crippen LogP contribution in [0, 0.1) is 18.3 Å². The van der Waals surface area contributed by atoms with E-state index in [0.29, 0.717) is 29.2 Å². The second kappa shape index (κ2) is 9.16. The summed E-state index contributed by atoms with van der Waals surface area (Å²) in [5.74, 6) is 1.02. The molecule has 1 heterocycles. The number of halogens is 1. The predicted octanol–water partition coefficient (Wildman–Crippen LogP) is 4.99. The van der Waals surface area contributed by atoms with Gasteiger partial charge in [0.25, 0.3) is 0 Å². The molecule has 0 radical (unpaired) electrons. The van der Waals surface area contributed by atoms with Crippen LogP contribution in [0.2, 0.25) is 0 Å². The second-order valence-corrected chi connectivity index (χ2v) is 6.97. The Morgan fingerprint density at radius 3 is 2.79 bits per heavy atom. The van der Waals surface area contributed by atoms with Gasteiger partial charge in [0.15, 0.2) is 6.29 Å². The van der Waals surface area contributed by atoms with E-state index < -0.39 is 0 Å². The molecule has 2 aromatic carbocycles. The molecule has 0 fully saturated rings. The first-order valence-electron chi connectivity index (χ1n) is 8.53. The van der Waals surface area contributed by atoms with E-state index in [1.165, 1.54) is 6.20 Å². The lowest BCUT2D eigenvalue weighted by molar-refractivity contribution is 0.111. The molecule has 0 bridgehead atoms. The van der Waals surface area contributed by atoms with Crippen LogP contribution in [0.4, 0.5) is 0 Å². The molecule has 0 aliphatic heterocycles. The quantitative estimate of drug-likeness (QED) is 0.487. The molecule has 28 heavy (non-hydrogen) atoms. The molecule has 0 saturated carbocycles. The zero-order valence-corrected chi connectivity index (χ0v) is 16.8. The molecular weight excluding hydrogens is 420 g/mol. The number of carbonyl (C=O) groups excluding carboxylic acids is 1. The minimum Gasteiger partial charge on any atom is -0.489 e. The fraction of sp³-hybridized carbons (Fsp3) is 0.136. The number of benzene rings is 2. The highest BCUT2D eigenvalue weighted by Gasteiger charge is 2.08. The molecule has 3 rings (SSSR count). The van der Waals surface area contributed by atoms with Crippen LogP contribution in [0.5, 0.6) is 11.5 Å². The number of nitrogens with zero attached hydrogens (tertiary/aromatic N) is 2. The summed E-state index contributed by atoms with van der Waals surface area (Å²) in [6.07, 6.45) is 3.85. The highest BCUT2D eigenvalue weighted by molar-refractivity contribution is 9.10. The first-order chi connectivity index (χ1) is 13.6. The van der Waals surface area contributed by atoms with E-state index in [-0.39, 0.29) is 6.61 Å². The summed E-state index contributed by atoms with van der Waals surface area (Å²) < 4.78 is 12.7. The zero-order valence-electron chi connectivity index (χ0n) is 15.2. The normalized spacial score (nSPS) is 10.2. The molecule has 0 aliphatic carbocycles. The van der Waals surface area contributed by atoms with Gasteiger partial charge < -0.3 is 9.47 Å². The van der Waals surface area contributed by atoms with Crippen molar-refractivity contribution >= 4 is 22.2 Å². The highest BCUT2D eigenvalue weighted by atomic mass is 79.9. The van der Waals surface area contributed by atoms with Crippen LogP contribution >= 0.6 is 15.9 Å². The first kappa shape index (κ1) is 19.6. The third kappa shape index (κ3) is 4.76. The second-order valence-electron chi connectivity index (χ2n) is 6.11. The standard InChI is InChI=1S/C22H17BrN2O3/c1-15-19(3-2-4-21(15)23)14-27-20-6-5-18(12-26)22(8-20)28-13-17-7-16(9-24)10-25-11-17/h2-8,10-12H,13-14H2,1H3. The van der Waals surface area contributed by atoms with Crippen LogP contribution in [0.25, 0.3) is 0 Å². The average Bonchev–Trinajstić information content (AvgIpc) is 2.73. The SMILES string of the molecule is Cc1c(Br)cccc1COc1ccc(C=O)c(OCc2cncc(C#N)c2)c1. The van der Waals surface area contributed by atoms with Gasteiger partial charge in [0.1, 0.15) is 30.8 Å². The van der Waals surface area contributed by atoms with E-state index >= 15 is 0 Å². The van der Waals surface area contributed by atoms with Crippen LogP contribution in [-0.2, 0) is 13.2 Å². The molecule has 140 valence electrons. The van der Waals surface area contributed by atoms with E-state index in [9.17, 15) is 4.79 Å². The Kier molecular flexibility index (Phi) is 6.41. The van der Waals surface area contributed by atoms with Crippen molar-refractivity contribution in [1.29, 1.82) is 5.26 Å². The Bertz CT molecular complexity index is 1040. The Labute approximate surface area is 171 Å². The third-order valence-electron chi connectivity index (χ3n) is 4.20. The summed E-state index contributed by atoms with van der Waals surface area (Å²) in [7, 11) is 0. The van der Waals surface area contributed by atoms with E-state index in [1.54, 1.807) is 30.5 Å². The number of pyridine rings is 1. The van der Waals surface area contributed by atoms with Crippen molar-refractivity contribution in [2.24, 2.45) is 0 Å². The first-order valence-corrected chi connectivity index (χ1v) is 9.33. The summed E-state index contributed by atoms with van der Waals surface area (Å²) in [6, 6.07) is 14.8. The van der Waals surface area contributed by atoms with Crippen LogP contribution in [0.3, 0.4) is 0 Å². The van der Waals surface area contributed by atoms with Gasteiger partial charge >= 0.3 is 0 Å². The monoisotopic (exact) mass is 436 g/mol. The number of rotatable bonds is 7. The minimum atomic E-state index is 0.192. The summed E-state index contributed by atoms with van der Waals surface area (Å²) in [5, 5.41) is 8.96. The predicted molar refractivity (Wildman–Crippen MR) is 108 cm³/mol. The molecule has 6 heteroatoms. The number of aldehydes is 1. The molecule has 0 unspecified atom stereocenters. The van der Waals surface area contributed by atoms with Gasteiger partial charge in [0.2, 0.25) is 0 Å². The van der Waals surface area contributed by atoms with Crippen LogP contribution in [-0.4, -0.2) is 11.3 Å². The summed E-state index contributed by atoms with van der Waals surface area (Å²) in [6.45, 7) is 2.62. The van der Waals surface area contributed by atoms with Gasteiger partial charge in [-0.2, -0.15) is 5.26 Å². The summed E-state index contributed by atoms with van der Waals surface area (Å²) >= 11 is 3.52. The van der Waals surface area contributed by atoms with Crippen molar-refractivity contribution in [3.05, 3.63) is 87.1 Å². The van der Waals surface area contributed by atoms with Crippen LogP contribution < -0.4 is 9.47 Å². The number of nitriles is 1. The maximum Gasteiger partial charge on any atom is 0.153 e. The molecular formula is C22H17BrN2O3. The van der Waals surface area contributed by atoms with Crippen molar-refractivity contribution in [3.8, 4) is 17.6 Å². The van der Waals surface area contributed by atoms with E-state index in [0.717, 1.165) is 27.4 Å². The maximum absolute atomic E-state index is 11.3. The molecule has 0 aliphatic rings. The molecule has 0 saturated heterocycles. The highest BCUT2D eigenvalue weighted by Crippen LogP contribution is 2.26. The molecule has 5 nitrogen and oxygen atoms in total. The van der Waals surface area contributed by atoms with E-state index in [1.807, 2.05) is 31.2 Å². The van der Waals surface area contributed by atoms with Gasteiger partial charge in [-0.3, -0.25) is 9.78 Å². The largest absolute Gasteiger partial charge is 0.489 e. The van der Waals surface area contributed by atoms with E-state index in [4.69, 9.17) is 14.7 Å². The molecule has 0 amide bonds. The van der Waals surface area contributed by atoms with Crippen molar-refractivity contribution in [2.45, 2.75) is 20.1 Å². The van der Waals surface area contributed by atoms with Gasteiger partial charge in [0.05, 0.1) is 11.1 Å². The molecule has 0 atom stereocenters. The van der Waals surface area contributed by atoms with Gasteiger partial charge in [-0.25, -0.2) is 0 Å². The third-order valence-corrected chi connectivity index (χ3v) is 5.06. The molecule has 0 N–H and O–H groups in total. The van der Waals surface area contributed by atoms with Gasteiger partial charge in [0, 0.05) is 28.5 Å². The minimum absolute atomic E-state index is 0.192. The number of aromatic nitrogens is 1. The number of hydrogen-bond acceptors (Lipinski definition) is 5. The fourth-order valence-electron chi connectivity index (χ4n) is 2.59. The van der Waals surface area contributed by atoms with Gasteiger partial charge in [-0.1, -0.05) is 28.1 Å². The topological polar surface area (TPSA) is 72.2 Å². The Morgan fingerprint density at radius 2 is 2.00 bits per heavy atom. The zero-order chi connectivity index (χ0) is 19.9. The van der Waals surface area contributed by atoms with Gasteiger partial charge in [-0.15, -0.1) is 0 Å². The van der Waals surface area contributed by atoms with Crippen LogP contribution in [0.1, 0.15) is 32.6 Å². The molecule has 3 aromatic rings. The number of ether oxygens (including phenoxy) is 2. The maximum atomic E-state index is 11.3. The molecule has 1 aromatic heterocycles. The Balaban J connectivity index is 1.73. The molecule has 0 spiro atoms.